The number of anilines is 1. The topological polar surface area (TPSA) is 136 Å². The fourth-order valence-electron chi connectivity index (χ4n) is 2.83. The van der Waals surface area contributed by atoms with Gasteiger partial charge < -0.3 is 10.1 Å². The minimum Gasteiger partial charge on any atom is -0.452 e. The Bertz CT molecular complexity index is 1150. The van der Waals surface area contributed by atoms with Crippen LogP contribution in [0.25, 0.3) is 0 Å². The first-order valence-electron chi connectivity index (χ1n) is 9.53. The van der Waals surface area contributed by atoms with E-state index in [-0.39, 0.29) is 39.9 Å². The highest BCUT2D eigenvalue weighted by Crippen LogP contribution is 2.26. The van der Waals surface area contributed by atoms with Crippen LogP contribution in [0, 0.1) is 17.0 Å². The first-order chi connectivity index (χ1) is 15.0. The van der Waals surface area contributed by atoms with Crippen molar-refractivity contribution < 1.29 is 27.7 Å². The Morgan fingerprint density at radius 1 is 1.16 bits per heavy atom. The monoisotopic (exact) mass is 483 g/mol. The SMILES string of the molecule is CCN(CC)S(=O)(=O)c1cc(C(=O)OCC(=O)Nc2ccc(C)c([N+](=O)[O-])c2)ccc1Cl. The summed E-state index contributed by atoms with van der Waals surface area (Å²) in [6.07, 6.45) is 0. The molecule has 0 radical (unpaired) electrons. The molecule has 1 amide bonds. The summed E-state index contributed by atoms with van der Waals surface area (Å²) in [6.45, 7) is 4.68. The number of sulfonamides is 1. The second-order valence-electron chi connectivity index (χ2n) is 6.62. The number of nitro benzene ring substituents is 1. The predicted octanol–water partition coefficient (Wildman–Crippen LogP) is 3.38. The maximum absolute atomic E-state index is 12.7. The van der Waals surface area contributed by atoms with Crippen LogP contribution in [-0.2, 0) is 19.6 Å². The van der Waals surface area contributed by atoms with Gasteiger partial charge in [-0.3, -0.25) is 14.9 Å². The molecule has 0 aliphatic rings. The van der Waals surface area contributed by atoms with E-state index >= 15 is 0 Å². The molecule has 12 heteroatoms. The summed E-state index contributed by atoms with van der Waals surface area (Å²) in [7, 11) is -3.92. The Kier molecular flexibility index (Phi) is 8.31. The largest absolute Gasteiger partial charge is 0.452 e. The van der Waals surface area contributed by atoms with Gasteiger partial charge in [-0.25, -0.2) is 13.2 Å². The smallest absolute Gasteiger partial charge is 0.338 e. The van der Waals surface area contributed by atoms with Crippen molar-refractivity contribution in [2.75, 3.05) is 25.0 Å². The molecule has 0 atom stereocenters. The molecule has 0 aliphatic carbocycles. The van der Waals surface area contributed by atoms with Crippen molar-refractivity contribution in [3.05, 3.63) is 62.7 Å². The number of nitrogens with zero attached hydrogens (tertiary/aromatic N) is 2. The van der Waals surface area contributed by atoms with E-state index in [2.05, 4.69) is 5.32 Å². The molecule has 1 N–H and O–H groups in total. The van der Waals surface area contributed by atoms with Gasteiger partial charge in [-0.2, -0.15) is 4.31 Å². The standard InChI is InChI=1S/C20H22ClN3O7S/c1-4-23(5-2)32(29,30)18-10-14(7-9-16(18)21)20(26)31-12-19(25)22-15-8-6-13(3)17(11-15)24(27)28/h6-11H,4-5,12H2,1-3H3,(H,22,25). The van der Waals surface area contributed by atoms with Crippen molar-refractivity contribution in [3.63, 3.8) is 0 Å². The minimum atomic E-state index is -3.92. The van der Waals surface area contributed by atoms with Crippen LogP contribution in [0.5, 0.6) is 0 Å². The van der Waals surface area contributed by atoms with E-state index in [1.54, 1.807) is 20.8 Å². The van der Waals surface area contributed by atoms with Crippen LogP contribution >= 0.6 is 11.6 Å². The molecule has 2 aromatic carbocycles. The molecule has 0 aliphatic heterocycles. The maximum atomic E-state index is 12.7. The number of rotatable bonds is 9. The van der Waals surface area contributed by atoms with Crippen LogP contribution in [0.4, 0.5) is 11.4 Å². The molecule has 0 saturated heterocycles. The van der Waals surface area contributed by atoms with Gasteiger partial charge in [-0.15, -0.1) is 0 Å². The van der Waals surface area contributed by atoms with Crippen molar-refractivity contribution in [2.24, 2.45) is 0 Å². The number of hydrogen-bond acceptors (Lipinski definition) is 7. The maximum Gasteiger partial charge on any atom is 0.338 e. The Balaban J connectivity index is 2.11. The van der Waals surface area contributed by atoms with Gasteiger partial charge in [0, 0.05) is 30.4 Å². The summed E-state index contributed by atoms with van der Waals surface area (Å²) in [5, 5.41) is 13.4. The fourth-order valence-corrected chi connectivity index (χ4v) is 4.78. The number of benzene rings is 2. The Morgan fingerprint density at radius 2 is 1.81 bits per heavy atom. The lowest BCUT2D eigenvalue weighted by Gasteiger charge is -2.19. The van der Waals surface area contributed by atoms with E-state index in [9.17, 15) is 28.1 Å². The molecular weight excluding hydrogens is 462 g/mol. The van der Waals surface area contributed by atoms with E-state index in [1.165, 1.54) is 34.6 Å². The molecular formula is C20H22ClN3O7S. The quantitative estimate of drug-likeness (QED) is 0.328. The Morgan fingerprint density at radius 3 is 2.41 bits per heavy atom. The summed E-state index contributed by atoms with van der Waals surface area (Å²) < 4.78 is 31.6. The highest BCUT2D eigenvalue weighted by atomic mass is 35.5. The number of carbonyl (C=O) groups is 2. The zero-order valence-electron chi connectivity index (χ0n) is 17.6. The second-order valence-corrected chi connectivity index (χ2v) is 8.93. The average Bonchev–Trinajstić information content (AvgIpc) is 2.74. The van der Waals surface area contributed by atoms with E-state index in [1.807, 2.05) is 0 Å². The van der Waals surface area contributed by atoms with Gasteiger partial charge in [-0.1, -0.05) is 31.5 Å². The van der Waals surface area contributed by atoms with Crippen LogP contribution in [-0.4, -0.2) is 49.2 Å². The van der Waals surface area contributed by atoms with Gasteiger partial charge in [-0.05, 0) is 31.2 Å². The first kappa shape index (κ1) is 25.2. The molecule has 0 spiro atoms. The van der Waals surface area contributed by atoms with Crippen LogP contribution < -0.4 is 5.32 Å². The number of hydrogen-bond donors (Lipinski definition) is 1. The number of ether oxygens (including phenoxy) is 1. The molecule has 2 rings (SSSR count). The number of amides is 1. The number of esters is 1. The molecule has 172 valence electrons. The van der Waals surface area contributed by atoms with Gasteiger partial charge in [0.15, 0.2) is 6.61 Å². The summed E-state index contributed by atoms with van der Waals surface area (Å²) in [6, 6.07) is 7.79. The van der Waals surface area contributed by atoms with Gasteiger partial charge in [0.05, 0.1) is 15.5 Å². The molecule has 2 aromatic rings. The molecule has 0 saturated carbocycles. The summed E-state index contributed by atoms with van der Waals surface area (Å²) in [5.41, 5.74) is 0.335. The predicted molar refractivity (Wildman–Crippen MR) is 118 cm³/mol. The van der Waals surface area contributed by atoms with Gasteiger partial charge >= 0.3 is 5.97 Å². The zero-order chi connectivity index (χ0) is 24.1. The average molecular weight is 484 g/mol. The van der Waals surface area contributed by atoms with Gasteiger partial charge in [0.25, 0.3) is 11.6 Å². The second kappa shape index (κ2) is 10.5. The number of nitrogens with one attached hydrogen (secondary N) is 1. The lowest BCUT2D eigenvalue weighted by atomic mass is 10.2. The van der Waals surface area contributed by atoms with Crippen LogP contribution in [0.1, 0.15) is 29.8 Å². The van der Waals surface area contributed by atoms with E-state index in [4.69, 9.17) is 16.3 Å². The van der Waals surface area contributed by atoms with E-state index < -0.39 is 33.4 Å². The third kappa shape index (κ3) is 5.81. The lowest BCUT2D eigenvalue weighted by molar-refractivity contribution is -0.385. The van der Waals surface area contributed by atoms with Crippen molar-refractivity contribution in [1.29, 1.82) is 0 Å². The minimum absolute atomic E-state index is 0.0489. The van der Waals surface area contributed by atoms with Crippen LogP contribution in [0.15, 0.2) is 41.3 Å². The number of aryl methyl sites for hydroxylation is 1. The number of carbonyl (C=O) groups excluding carboxylic acids is 2. The van der Waals surface area contributed by atoms with Crippen LogP contribution in [0.2, 0.25) is 5.02 Å². The Hall–Kier alpha value is -3.02. The normalized spacial score (nSPS) is 11.3. The molecule has 0 heterocycles. The number of halogens is 1. The van der Waals surface area contributed by atoms with Crippen molar-refractivity contribution in [1.82, 2.24) is 4.31 Å². The summed E-state index contributed by atoms with van der Waals surface area (Å²) in [4.78, 5) is 34.6. The van der Waals surface area contributed by atoms with Gasteiger partial charge in [0.1, 0.15) is 4.90 Å². The van der Waals surface area contributed by atoms with Crippen LogP contribution in [0.3, 0.4) is 0 Å². The van der Waals surface area contributed by atoms with E-state index in [0.717, 1.165) is 6.07 Å². The fraction of sp³-hybridized carbons (Fsp3) is 0.300. The molecule has 0 aromatic heterocycles. The van der Waals surface area contributed by atoms with Crippen molar-refractivity contribution in [3.8, 4) is 0 Å². The third-order valence-corrected chi connectivity index (χ3v) is 7.05. The highest BCUT2D eigenvalue weighted by molar-refractivity contribution is 7.89. The molecule has 32 heavy (non-hydrogen) atoms. The van der Waals surface area contributed by atoms with E-state index in [0.29, 0.717) is 5.56 Å². The summed E-state index contributed by atoms with van der Waals surface area (Å²) in [5.74, 6) is -1.65. The molecule has 0 unspecified atom stereocenters. The molecule has 10 nitrogen and oxygen atoms in total. The lowest BCUT2D eigenvalue weighted by Crippen LogP contribution is -2.31. The van der Waals surface area contributed by atoms with Gasteiger partial charge in [0.2, 0.25) is 10.0 Å². The number of nitro groups is 1. The van der Waals surface area contributed by atoms with Crippen molar-refractivity contribution in [2.45, 2.75) is 25.7 Å². The first-order valence-corrected chi connectivity index (χ1v) is 11.3. The summed E-state index contributed by atoms with van der Waals surface area (Å²) >= 11 is 6.04. The zero-order valence-corrected chi connectivity index (χ0v) is 19.2. The highest BCUT2D eigenvalue weighted by Gasteiger charge is 2.26. The molecule has 0 fully saturated rings. The third-order valence-electron chi connectivity index (χ3n) is 4.51. The molecule has 0 bridgehead atoms. The Labute approximate surface area is 190 Å². The van der Waals surface area contributed by atoms with Crippen molar-refractivity contribution >= 4 is 44.9 Å².